The van der Waals surface area contributed by atoms with Crippen LogP contribution in [-0.2, 0) is 11.0 Å². The fourth-order valence-corrected chi connectivity index (χ4v) is 4.35. The number of carbonyl (C=O) groups excluding carboxylic acids is 1. The van der Waals surface area contributed by atoms with Gasteiger partial charge in [-0.2, -0.15) is 5.10 Å². The van der Waals surface area contributed by atoms with Crippen LogP contribution in [0.15, 0.2) is 24.5 Å². The van der Waals surface area contributed by atoms with Crippen molar-refractivity contribution in [3.63, 3.8) is 0 Å². The van der Waals surface area contributed by atoms with Crippen molar-refractivity contribution in [2.24, 2.45) is 0 Å². The molecule has 3 heterocycles. The summed E-state index contributed by atoms with van der Waals surface area (Å²) in [5, 5.41) is 4.34. The quantitative estimate of drug-likeness (QED) is 0.928. The molecule has 2 aliphatic rings. The molecule has 1 aliphatic carbocycles. The van der Waals surface area contributed by atoms with E-state index in [0.717, 1.165) is 43.6 Å². The number of pyridine rings is 1. The van der Waals surface area contributed by atoms with E-state index >= 15 is 0 Å². The zero-order valence-electron chi connectivity index (χ0n) is 12.9. The first-order valence-electron chi connectivity index (χ1n) is 8.16. The van der Waals surface area contributed by atoms with Gasteiger partial charge in [-0.15, -0.1) is 0 Å². The Hall–Kier alpha value is -1.89. The summed E-state index contributed by atoms with van der Waals surface area (Å²) in [6.07, 6.45) is 8.80. The van der Waals surface area contributed by atoms with E-state index in [2.05, 4.69) is 14.7 Å². The number of anilines is 1. The van der Waals surface area contributed by atoms with Gasteiger partial charge >= 0.3 is 0 Å². The second-order valence-corrected chi connectivity index (χ2v) is 7.71. The van der Waals surface area contributed by atoms with E-state index < -0.39 is 11.0 Å². The van der Waals surface area contributed by atoms with Gasteiger partial charge in [0.1, 0.15) is 11.0 Å². The van der Waals surface area contributed by atoms with Crippen LogP contribution in [0.25, 0.3) is 5.52 Å². The highest BCUT2D eigenvalue weighted by molar-refractivity contribution is 7.84. The molecular formula is C16H20N4O2S. The molecule has 4 rings (SSSR count). The lowest BCUT2D eigenvalue weighted by molar-refractivity contribution is 0.0984. The van der Waals surface area contributed by atoms with Gasteiger partial charge in [0.2, 0.25) is 0 Å². The highest BCUT2D eigenvalue weighted by Crippen LogP contribution is 2.25. The molecule has 1 N–H and O–H groups in total. The van der Waals surface area contributed by atoms with Crippen molar-refractivity contribution in [1.29, 1.82) is 0 Å². The van der Waals surface area contributed by atoms with E-state index in [1.165, 1.54) is 12.8 Å². The molecule has 7 heteroatoms. The second-order valence-electron chi connectivity index (χ2n) is 6.25. The summed E-state index contributed by atoms with van der Waals surface area (Å²) in [5.41, 5.74) is 2.36. The summed E-state index contributed by atoms with van der Waals surface area (Å²) >= 11 is 0. The van der Waals surface area contributed by atoms with Gasteiger partial charge in [-0.1, -0.05) is 6.42 Å². The number of hydrogen-bond donors (Lipinski definition) is 1. The predicted molar refractivity (Wildman–Crippen MR) is 89.9 cm³/mol. The summed E-state index contributed by atoms with van der Waals surface area (Å²) in [5.74, 6) is -0.302. The van der Waals surface area contributed by atoms with E-state index in [9.17, 15) is 9.00 Å². The largest absolute Gasteiger partial charge is 0.371 e. The molecule has 1 unspecified atom stereocenters. The van der Waals surface area contributed by atoms with Crippen LogP contribution in [0, 0.1) is 0 Å². The van der Waals surface area contributed by atoms with Gasteiger partial charge in [0.25, 0.3) is 5.91 Å². The van der Waals surface area contributed by atoms with E-state index in [4.69, 9.17) is 0 Å². The standard InChI is InChI=1S/C16H20N4O2S/c21-16(18-23(22)13-4-3-5-13)14-11-17-20-9-6-12(10-15(14)20)19-7-1-2-8-19/h6,9-11,13H,1-5,7-8H2,(H,18,21). The van der Waals surface area contributed by atoms with Gasteiger partial charge in [0.15, 0.2) is 0 Å². The molecule has 1 saturated heterocycles. The Bertz CT molecular complexity index is 763. The minimum absolute atomic E-state index is 0.112. The van der Waals surface area contributed by atoms with Crippen LogP contribution < -0.4 is 9.62 Å². The normalized spacial score (nSPS) is 19.7. The summed E-state index contributed by atoms with van der Waals surface area (Å²) < 4.78 is 16.4. The average molecular weight is 332 g/mol. The fourth-order valence-electron chi connectivity index (χ4n) is 3.13. The minimum Gasteiger partial charge on any atom is -0.371 e. The minimum atomic E-state index is -1.29. The molecule has 23 heavy (non-hydrogen) atoms. The molecule has 122 valence electrons. The smallest absolute Gasteiger partial charge is 0.266 e. The fraction of sp³-hybridized carbons (Fsp3) is 0.500. The number of hydrogen-bond acceptors (Lipinski definition) is 4. The van der Waals surface area contributed by atoms with E-state index in [-0.39, 0.29) is 11.2 Å². The summed E-state index contributed by atoms with van der Waals surface area (Å²) in [4.78, 5) is 14.8. The maximum atomic E-state index is 12.4. The van der Waals surface area contributed by atoms with E-state index in [1.807, 2.05) is 18.3 Å². The molecule has 1 atom stereocenters. The van der Waals surface area contributed by atoms with Gasteiger partial charge in [-0.05, 0) is 37.8 Å². The third-order valence-electron chi connectivity index (χ3n) is 4.77. The highest BCUT2D eigenvalue weighted by Gasteiger charge is 2.26. The van der Waals surface area contributed by atoms with Crippen LogP contribution >= 0.6 is 0 Å². The molecule has 2 aromatic heterocycles. The Labute approximate surface area is 137 Å². The molecular weight excluding hydrogens is 312 g/mol. The summed E-state index contributed by atoms with van der Waals surface area (Å²) in [7, 11) is -1.29. The van der Waals surface area contributed by atoms with Crippen molar-refractivity contribution in [2.75, 3.05) is 18.0 Å². The number of aromatic nitrogens is 2. The zero-order valence-corrected chi connectivity index (χ0v) is 13.7. The third-order valence-corrected chi connectivity index (χ3v) is 6.23. The lowest BCUT2D eigenvalue weighted by atomic mass is 10.0. The first-order valence-corrected chi connectivity index (χ1v) is 9.37. The summed E-state index contributed by atoms with van der Waals surface area (Å²) in [6, 6.07) is 4.03. The van der Waals surface area contributed by atoms with E-state index in [0.29, 0.717) is 5.56 Å². The number of nitrogens with one attached hydrogen (secondary N) is 1. The Morgan fingerprint density at radius 1 is 1.26 bits per heavy atom. The van der Waals surface area contributed by atoms with Crippen molar-refractivity contribution in [2.45, 2.75) is 37.4 Å². The second kappa shape index (κ2) is 5.96. The van der Waals surface area contributed by atoms with Crippen molar-refractivity contribution >= 4 is 28.1 Å². The highest BCUT2D eigenvalue weighted by atomic mass is 32.2. The van der Waals surface area contributed by atoms with Crippen LogP contribution in [0.1, 0.15) is 42.5 Å². The Kier molecular flexibility index (Phi) is 3.80. The van der Waals surface area contributed by atoms with Crippen LogP contribution in [0.4, 0.5) is 5.69 Å². The molecule has 0 bridgehead atoms. The van der Waals surface area contributed by atoms with Gasteiger partial charge in [-0.25, -0.2) is 8.72 Å². The lowest BCUT2D eigenvalue weighted by Crippen LogP contribution is -2.36. The number of amides is 1. The van der Waals surface area contributed by atoms with Crippen molar-refractivity contribution < 1.29 is 9.00 Å². The van der Waals surface area contributed by atoms with Crippen LogP contribution in [-0.4, -0.2) is 38.1 Å². The van der Waals surface area contributed by atoms with Crippen molar-refractivity contribution in [1.82, 2.24) is 14.3 Å². The molecule has 2 fully saturated rings. The first kappa shape index (κ1) is 14.7. The van der Waals surface area contributed by atoms with Crippen LogP contribution in [0.5, 0.6) is 0 Å². The molecule has 2 aromatic rings. The van der Waals surface area contributed by atoms with E-state index in [1.54, 1.807) is 10.7 Å². The van der Waals surface area contributed by atoms with Gasteiger partial charge in [0.05, 0.1) is 22.5 Å². The number of nitrogens with zero attached hydrogens (tertiary/aromatic N) is 3. The average Bonchev–Trinajstić information content (AvgIpc) is 3.14. The Balaban J connectivity index is 1.59. The van der Waals surface area contributed by atoms with Crippen LogP contribution in [0.2, 0.25) is 0 Å². The first-order chi connectivity index (χ1) is 11.2. The summed E-state index contributed by atoms with van der Waals surface area (Å²) in [6.45, 7) is 2.11. The van der Waals surface area contributed by atoms with Crippen LogP contribution in [0.3, 0.4) is 0 Å². The van der Waals surface area contributed by atoms with Crippen molar-refractivity contribution in [3.05, 3.63) is 30.1 Å². The Morgan fingerprint density at radius 3 is 2.74 bits per heavy atom. The SMILES string of the molecule is O=C(NS(=O)C1CCC1)c1cnn2ccc(N3CCCC3)cc12. The molecule has 6 nitrogen and oxygen atoms in total. The maximum Gasteiger partial charge on any atom is 0.266 e. The van der Waals surface area contributed by atoms with Crippen molar-refractivity contribution in [3.8, 4) is 0 Å². The third kappa shape index (κ3) is 2.73. The molecule has 0 spiro atoms. The van der Waals surface area contributed by atoms with Gasteiger partial charge < -0.3 is 4.90 Å². The zero-order chi connectivity index (χ0) is 15.8. The number of rotatable bonds is 4. The molecule has 0 aromatic carbocycles. The molecule has 1 amide bonds. The molecule has 1 saturated carbocycles. The number of fused-ring (bicyclic) bond motifs is 1. The molecule has 0 radical (unpaired) electrons. The monoisotopic (exact) mass is 332 g/mol. The lowest BCUT2D eigenvalue weighted by Gasteiger charge is -2.24. The predicted octanol–water partition coefficient (Wildman–Crippen LogP) is 1.88. The Morgan fingerprint density at radius 2 is 2.04 bits per heavy atom. The van der Waals surface area contributed by atoms with Gasteiger partial charge in [0, 0.05) is 25.0 Å². The number of carbonyl (C=O) groups is 1. The van der Waals surface area contributed by atoms with Gasteiger partial charge in [-0.3, -0.25) is 9.52 Å². The topological polar surface area (TPSA) is 66.7 Å². The molecule has 1 aliphatic heterocycles. The maximum absolute atomic E-state index is 12.4.